The Kier molecular flexibility index (Phi) is 3.91. The van der Waals surface area contributed by atoms with Gasteiger partial charge in [0.15, 0.2) is 0 Å². The van der Waals surface area contributed by atoms with Crippen LogP contribution >= 0.6 is 0 Å². The number of aryl methyl sites for hydroxylation is 1. The predicted molar refractivity (Wildman–Crippen MR) is 63.8 cm³/mol. The standard InChI is InChI=1S/C12H23N3/c1-6-8(2)7-15-11(5)12(9(3)13)10(4)14-15/h8-9H,6-7,13H2,1-5H3. The molecule has 0 aromatic carbocycles. The third kappa shape index (κ3) is 2.59. The van der Waals surface area contributed by atoms with Crippen molar-refractivity contribution < 1.29 is 0 Å². The Morgan fingerprint density at radius 1 is 1.33 bits per heavy atom. The molecule has 2 atom stereocenters. The van der Waals surface area contributed by atoms with Crippen LogP contribution in [0.2, 0.25) is 0 Å². The Morgan fingerprint density at radius 2 is 1.93 bits per heavy atom. The summed E-state index contributed by atoms with van der Waals surface area (Å²) >= 11 is 0. The summed E-state index contributed by atoms with van der Waals surface area (Å²) in [5, 5.41) is 4.56. The molecule has 0 aliphatic heterocycles. The van der Waals surface area contributed by atoms with E-state index >= 15 is 0 Å². The second-order valence-corrected chi connectivity index (χ2v) is 4.57. The number of rotatable bonds is 4. The monoisotopic (exact) mass is 209 g/mol. The molecule has 1 rings (SSSR count). The van der Waals surface area contributed by atoms with Gasteiger partial charge in [-0.3, -0.25) is 4.68 Å². The quantitative estimate of drug-likeness (QED) is 0.828. The fourth-order valence-corrected chi connectivity index (χ4v) is 1.97. The summed E-state index contributed by atoms with van der Waals surface area (Å²) in [6.07, 6.45) is 1.19. The molecule has 0 saturated carbocycles. The number of aromatic nitrogens is 2. The van der Waals surface area contributed by atoms with Crippen molar-refractivity contribution in [2.24, 2.45) is 11.7 Å². The highest BCUT2D eigenvalue weighted by Gasteiger charge is 2.15. The lowest BCUT2D eigenvalue weighted by Gasteiger charge is -2.11. The zero-order chi connectivity index (χ0) is 11.6. The van der Waals surface area contributed by atoms with E-state index in [1.165, 1.54) is 17.7 Å². The molecule has 3 heteroatoms. The lowest BCUT2D eigenvalue weighted by Crippen LogP contribution is -2.11. The van der Waals surface area contributed by atoms with Crippen molar-refractivity contribution >= 4 is 0 Å². The molecule has 1 aromatic heterocycles. The Balaban J connectivity index is 2.96. The fraction of sp³-hybridized carbons (Fsp3) is 0.750. The number of nitrogens with zero attached hydrogens (tertiary/aromatic N) is 2. The average Bonchev–Trinajstić information content (AvgIpc) is 2.41. The first-order chi connectivity index (χ1) is 6.97. The first kappa shape index (κ1) is 12.2. The van der Waals surface area contributed by atoms with Gasteiger partial charge in [0, 0.05) is 23.8 Å². The van der Waals surface area contributed by atoms with Crippen LogP contribution in [0.5, 0.6) is 0 Å². The Bertz CT molecular complexity index is 326. The average molecular weight is 209 g/mol. The fourth-order valence-electron chi connectivity index (χ4n) is 1.97. The molecule has 0 fully saturated rings. The first-order valence-electron chi connectivity index (χ1n) is 5.76. The van der Waals surface area contributed by atoms with Crippen LogP contribution in [0, 0.1) is 19.8 Å². The van der Waals surface area contributed by atoms with Gasteiger partial charge in [-0.05, 0) is 26.7 Å². The maximum atomic E-state index is 5.94. The highest BCUT2D eigenvalue weighted by atomic mass is 15.3. The summed E-state index contributed by atoms with van der Waals surface area (Å²) in [5.41, 5.74) is 9.45. The van der Waals surface area contributed by atoms with Crippen LogP contribution < -0.4 is 5.73 Å². The third-order valence-corrected chi connectivity index (χ3v) is 3.07. The van der Waals surface area contributed by atoms with Gasteiger partial charge in [0.2, 0.25) is 0 Å². The number of hydrogen-bond acceptors (Lipinski definition) is 2. The summed E-state index contributed by atoms with van der Waals surface area (Å²) in [5.74, 6) is 0.670. The molecule has 1 heterocycles. The van der Waals surface area contributed by atoms with Crippen molar-refractivity contribution in [3.63, 3.8) is 0 Å². The molecule has 0 amide bonds. The van der Waals surface area contributed by atoms with Gasteiger partial charge in [-0.2, -0.15) is 5.10 Å². The third-order valence-electron chi connectivity index (χ3n) is 3.07. The highest BCUT2D eigenvalue weighted by Crippen LogP contribution is 2.20. The normalized spacial score (nSPS) is 15.3. The lowest BCUT2D eigenvalue weighted by molar-refractivity contribution is 0.431. The predicted octanol–water partition coefficient (Wildman–Crippen LogP) is 2.57. The van der Waals surface area contributed by atoms with Crippen molar-refractivity contribution in [1.29, 1.82) is 0 Å². The van der Waals surface area contributed by atoms with Gasteiger partial charge in [-0.15, -0.1) is 0 Å². The molecule has 3 nitrogen and oxygen atoms in total. The van der Waals surface area contributed by atoms with Gasteiger partial charge in [0.25, 0.3) is 0 Å². The van der Waals surface area contributed by atoms with E-state index in [4.69, 9.17) is 5.73 Å². The Labute approximate surface area is 92.7 Å². The number of hydrogen-bond donors (Lipinski definition) is 1. The maximum absolute atomic E-state index is 5.94. The number of nitrogens with two attached hydrogens (primary N) is 1. The molecular weight excluding hydrogens is 186 g/mol. The minimum Gasteiger partial charge on any atom is -0.324 e. The highest BCUT2D eigenvalue weighted by molar-refractivity contribution is 5.27. The second-order valence-electron chi connectivity index (χ2n) is 4.57. The van der Waals surface area contributed by atoms with Crippen LogP contribution in [0.3, 0.4) is 0 Å². The van der Waals surface area contributed by atoms with Crippen molar-refractivity contribution in [2.75, 3.05) is 0 Å². The lowest BCUT2D eigenvalue weighted by atomic mass is 10.1. The Hall–Kier alpha value is -0.830. The van der Waals surface area contributed by atoms with Crippen molar-refractivity contribution in [1.82, 2.24) is 9.78 Å². The molecule has 2 N–H and O–H groups in total. The Morgan fingerprint density at radius 3 is 2.33 bits per heavy atom. The van der Waals surface area contributed by atoms with Gasteiger partial charge in [-0.1, -0.05) is 20.3 Å². The van der Waals surface area contributed by atoms with Gasteiger partial charge in [0.05, 0.1) is 5.69 Å². The van der Waals surface area contributed by atoms with Gasteiger partial charge < -0.3 is 5.73 Å². The van der Waals surface area contributed by atoms with Crippen LogP contribution in [0.15, 0.2) is 0 Å². The summed E-state index contributed by atoms with van der Waals surface area (Å²) in [4.78, 5) is 0. The van der Waals surface area contributed by atoms with Gasteiger partial charge in [-0.25, -0.2) is 0 Å². The van der Waals surface area contributed by atoms with E-state index in [9.17, 15) is 0 Å². The minimum atomic E-state index is 0.0793. The topological polar surface area (TPSA) is 43.8 Å². The largest absolute Gasteiger partial charge is 0.324 e. The molecule has 0 radical (unpaired) electrons. The van der Waals surface area contributed by atoms with E-state index in [0.29, 0.717) is 5.92 Å². The van der Waals surface area contributed by atoms with Gasteiger partial charge >= 0.3 is 0 Å². The summed E-state index contributed by atoms with van der Waals surface area (Å²) in [6.45, 7) is 11.6. The molecule has 0 aliphatic rings. The molecular formula is C12H23N3. The maximum Gasteiger partial charge on any atom is 0.0644 e. The van der Waals surface area contributed by atoms with Crippen molar-refractivity contribution in [2.45, 2.75) is 53.6 Å². The van der Waals surface area contributed by atoms with Crippen LogP contribution in [0.1, 0.15) is 50.2 Å². The van der Waals surface area contributed by atoms with E-state index in [2.05, 4.69) is 30.6 Å². The van der Waals surface area contributed by atoms with E-state index in [1.807, 2.05) is 13.8 Å². The zero-order valence-electron chi connectivity index (χ0n) is 10.5. The molecule has 1 aromatic rings. The molecule has 0 aliphatic carbocycles. The first-order valence-corrected chi connectivity index (χ1v) is 5.76. The molecule has 0 saturated heterocycles. The summed E-state index contributed by atoms with van der Waals surface area (Å²) < 4.78 is 2.10. The van der Waals surface area contributed by atoms with Crippen LogP contribution in [0.25, 0.3) is 0 Å². The van der Waals surface area contributed by atoms with Crippen molar-refractivity contribution in [3.05, 3.63) is 17.0 Å². The zero-order valence-corrected chi connectivity index (χ0v) is 10.5. The van der Waals surface area contributed by atoms with Crippen LogP contribution in [-0.2, 0) is 6.54 Å². The van der Waals surface area contributed by atoms with Crippen LogP contribution in [0.4, 0.5) is 0 Å². The molecule has 15 heavy (non-hydrogen) atoms. The molecule has 0 bridgehead atoms. The smallest absolute Gasteiger partial charge is 0.0644 e. The summed E-state index contributed by atoms with van der Waals surface area (Å²) in [7, 11) is 0. The SMILES string of the molecule is CCC(C)Cn1nc(C)c(C(C)N)c1C. The van der Waals surface area contributed by atoms with E-state index < -0.39 is 0 Å². The van der Waals surface area contributed by atoms with E-state index in [-0.39, 0.29) is 6.04 Å². The summed E-state index contributed by atoms with van der Waals surface area (Å²) in [6, 6.07) is 0.0793. The second kappa shape index (κ2) is 4.79. The van der Waals surface area contributed by atoms with Crippen molar-refractivity contribution in [3.8, 4) is 0 Å². The van der Waals surface area contributed by atoms with E-state index in [0.717, 1.165) is 12.2 Å². The molecule has 2 unspecified atom stereocenters. The molecule has 0 spiro atoms. The van der Waals surface area contributed by atoms with E-state index in [1.54, 1.807) is 0 Å². The van der Waals surface area contributed by atoms with Gasteiger partial charge in [0.1, 0.15) is 0 Å². The molecule has 86 valence electrons. The minimum absolute atomic E-state index is 0.0793. The van der Waals surface area contributed by atoms with Crippen LogP contribution in [-0.4, -0.2) is 9.78 Å².